The number of allylic oxidation sites excluding steroid dienone is 5. The van der Waals surface area contributed by atoms with Crippen LogP contribution in [0.2, 0.25) is 0 Å². The number of unbranched alkanes of at least 4 members (excludes halogenated alkanes) is 2. The lowest BCUT2D eigenvalue weighted by Gasteiger charge is -2.01. The molecule has 0 saturated carbocycles. The number of hydrogen-bond donors (Lipinski definition) is 0. The minimum Gasteiger partial charge on any atom is -0.0988 e. The fourth-order valence-electron chi connectivity index (χ4n) is 1.23. The van der Waals surface area contributed by atoms with Crippen molar-refractivity contribution >= 4 is 0 Å². The lowest BCUT2D eigenvalue weighted by atomic mass is 10.0. The molecule has 0 aromatic heterocycles. The van der Waals surface area contributed by atoms with Crippen LogP contribution in [0, 0.1) is 0 Å². The Hall–Kier alpha value is -0.780. The third-order valence-corrected chi connectivity index (χ3v) is 2.17. The summed E-state index contributed by atoms with van der Waals surface area (Å²) in [6.45, 7) is 10.2. The van der Waals surface area contributed by atoms with Crippen molar-refractivity contribution in [2.45, 2.75) is 46.5 Å². The van der Waals surface area contributed by atoms with E-state index < -0.39 is 0 Å². The number of hydrogen-bond acceptors (Lipinski definition) is 0. The van der Waals surface area contributed by atoms with Crippen molar-refractivity contribution in [3.63, 3.8) is 0 Å². The van der Waals surface area contributed by atoms with Gasteiger partial charge in [-0.3, -0.25) is 0 Å². The van der Waals surface area contributed by atoms with E-state index in [0.717, 1.165) is 0 Å². The van der Waals surface area contributed by atoms with Gasteiger partial charge in [-0.1, -0.05) is 55.7 Å². The van der Waals surface area contributed by atoms with E-state index in [1.165, 1.54) is 36.8 Å². The fraction of sp³-hybridized carbons (Fsp3) is 0.538. The van der Waals surface area contributed by atoms with Crippen LogP contribution < -0.4 is 0 Å². The summed E-state index contributed by atoms with van der Waals surface area (Å²) in [6, 6.07) is 0. The maximum absolute atomic E-state index is 3.75. The predicted octanol–water partition coefficient (Wildman–Crippen LogP) is 4.65. The fourth-order valence-corrected chi connectivity index (χ4v) is 1.23. The lowest BCUT2D eigenvalue weighted by Crippen LogP contribution is -1.81. The van der Waals surface area contributed by atoms with Crippen molar-refractivity contribution < 1.29 is 0 Å². The van der Waals surface area contributed by atoms with Gasteiger partial charge in [0.2, 0.25) is 0 Å². The van der Waals surface area contributed by atoms with Crippen molar-refractivity contribution in [2.24, 2.45) is 0 Å². The molecule has 0 fully saturated rings. The standard InChI is InChI=1S/C13H22/c1-5-8-9-10-13(7-3)11-12(4)6-2/h6-7,11H,2,5,8-10H2,1,3-4H3/b12-11-,13-7-. The monoisotopic (exact) mass is 178 g/mol. The zero-order valence-electron chi connectivity index (χ0n) is 9.27. The summed E-state index contributed by atoms with van der Waals surface area (Å²) in [6.07, 6.45) is 11.5. The van der Waals surface area contributed by atoms with Crippen molar-refractivity contribution in [3.05, 3.63) is 36.0 Å². The molecule has 74 valence electrons. The summed E-state index contributed by atoms with van der Waals surface area (Å²) in [5.74, 6) is 0. The van der Waals surface area contributed by atoms with Gasteiger partial charge in [-0.25, -0.2) is 0 Å². The molecule has 0 bridgehead atoms. The zero-order valence-corrected chi connectivity index (χ0v) is 9.27. The molecule has 0 radical (unpaired) electrons. The molecular formula is C13H22. The van der Waals surface area contributed by atoms with Gasteiger partial charge in [0.15, 0.2) is 0 Å². The Kier molecular flexibility index (Phi) is 7.38. The third-order valence-electron chi connectivity index (χ3n) is 2.17. The summed E-state index contributed by atoms with van der Waals surface area (Å²) < 4.78 is 0. The van der Waals surface area contributed by atoms with E-state index in [9.17, 15) is 0 Å². The molecule has 0 aromatic carbocycles. The average Bonchev–Trinajstić information content (AvgIpc) is 2.16. The maximum atomic E-state index is 3.75. The largest absolute Gasteiger partial charge is 0.0988 e. The molecule has 0 aromatic rings. The molecule has 0 rings (SSSR count). The SMILES string of the molecule is C=C/C(C)=C\C(=C/C)CCCCC. The molecule has 0 N–H and O–H groups in total. The third kappa shape index (κ3) is 6.39. The van der Waals surface area contributed by atoms with E-state index in [4.69, 9.17) is 0 Å². The first-order chi connectivity index (χ1) is 6.24. The second-order valence-electron chi connectivity index (χ2n) is 3.41. The molecule has 0 aliphatic rings. The molecule has 0 aliphatic carbocycles. The van der Waals surface area contributed by atoms with Crippen LogP contribution in [0.3, 0.4) is 0 Å². The Morgan fingerprint density at radius 1 is 1.31 bits per heavy atom. The summed E-state index contributed by atoms with van der Waals surface area (Å²) >= 11 is 0. The quantitative estimate of drug-likeness (QED) is 0.410. The van der Waals surface area contributed by atoms with Gasteiger partial charge >= 0.3 is 0 Å². The van der Waals surface area contributed by atoms with E-state index in [1.807, 2.05) is 6.08 Å². The molecule has 13 heavy (non-hydrogen) atoms. The Morgan fingerprint density at radius 3 is 2.46 bits per heavy atom. The first-order valence-corrected chi connectivity index (χ1v) is 5.20. The van der Waals surface area contributed by atoms with Gasteiger partial charge < -0.3 is 0 Å². The highest BCUT2D eigenvalue weighted by molar-refractivity contribution is 5.27. The molecule has 0 saturated heterocycles. The van der Waals surface area contributed by atoms with Gasteiger partial charge in [-0.05, 0) is 26.7 Å². The molecule has 0 heteroatoms. The van der Waals surface area contributed by atoms with E-state index >= 15 is 0 Å². The van der Waals surface area contributed by atoms with Gasteiger partial charge in [-0.15, -0.1) is 0 Å². The van der Waals surface area contributed by atoms with Crippen LogP contribution in [0.25, 0.3) is 0 Å². The van der Waals surface area contributed by atoms with Gasteiger partial charge in [0.1, 0.15) is 0 Å². The average molecular weight is 178 g/mol. The van der Waals surface area contributed by atoms with Gasteiger partial charge in [-0.2, -0.15) is 0 Å². The highest BCUT2D eigenvalue weighted by Gasteiger charge is 1.92. The Labute approximate surface area is 83.0 Å². The van der Waals surface area contributed by atoms with E-state index in [-0.39, 0.29) is 0 Å². The zero-order chi connectivity index (χ0) is 10.1. The van der Waals surface area contributed by atoms with E-state index in [2.05, 4.69) is 39.5 Å². The highest BCUT2D eigenvalue weighted by atomic mass is 14.0. The van der Waals surface area contributed by atoms with Crippen LogP contribution in [0.15, 0.2) is 36.0 Å². The molecule has 0 amide bonds. The lowest BCUT2D eigenvalue weighted by molar-refractivity contribution is 0.718. The molecule has 0 nitrogen and oxygen atoms in total. The summed E-state index contributed by atoms with van der Waals surface area (Å²) in [5, 5.41) is 0. The summed E-state index contributed by atoms with van der Waals surface area (Å²) in [7, 11) is 0. The van der Waals surface area contributed by atoms with Gasteiger partial charge in [0.25, 0.3) is 0 Å². The van der Waals surface area contributed by atoms with E-state index in [1.54, 1.807) is 0 Å². The van der Waals surface area contributed by atoms with Crippen LogP contribution in [0.1, 0.15) is 46.5 Å². The Balaban J connectivity index is 3.98. The second-order valence-corrected chi connectivity index (χ2v) is 3.41. The molecule has 0 atom stereocenters. The molecule has 0 unspecified atom stereocenters. The van der Waals surface area contributed by atoms with Crippen LogP contribution >= 0.6 is 0 Å². The van der Waals surface area contributed by atoms with Crippen LogP contribution in [-0.2, 0) is 0 Å². The van der Waals surface area contributed by atoms with Crippen molar-refractivity contribution in [3.8, 4) is 0 Å². The summed E-state index contributed by atoms with van der Waals surface area (Å²) in [4.78, 5) is 0. The normalized spacial score (nSPS) is 13.2. The molecule has 0 heterocycles. The van der Waals surface area contributed by atoms with E-state index in [0.29, 0.717) is 0 Å². The minimum absolute atomic E-state index is 1.20. The second kappa shape index (κ2) is 7.85. The summed E-state index contributed by atoms with van der Waals surface area (Å²) in [5.41, 5.74) is 2.69. The molecular weight excluding hydrogens is 156 g/mol. The van der Waals surface area contributed by atoms with Crippen molar-refractivity contribution in [1.29, 1.82) is 0 Å². The van der Waals surface area contributed by atoms with Crippen LogP contribution in [0.5, 0.6) is 0 Å². The van der Waals surface area contributed by atoms with Crippen molar-refractivity contribution in [2.75, 3.05) is 0 Å². The smallest absolute Gasteiger partial charge is 0.0282 e. The minimum atomic E-state index is 1.20. The van der Waals surface area contributed by atoms with Crippen LogP contribution in [-0.4, -0.2) is 0 Å². The predicted molar refractivity (Wildman–Crippen MR) is 61.9 cm³/mol. The Bertz CT molecular complexity index is 194. The topological polar surface area (TPSA) is 0 Å². The molecule has 0 spiro atoms. The Morgan fingerprint density at radius 2 is 2.00 bits per heavy atom. The van der Waals surface area contributed by atoms with Crippen LogP contribution in [0.4, 0.5) is 0 Å². The first kappa shape index (κ1) is 12.2. The van der Waals surface area contributed by atoms with Gasteiger partial charge in [0.05, 0.1) is 0 Å². The maximum Gasteiger partial charge on any atom is -0.0282 e. The number of rotatable bonds is 6. The van der Waals surface area contributed by atoms with Gasteiger partial charge in [0, 0.05) is 0 Å². The highest BCUT2D eigenvalue weighted by Crippen LogP contribution is 2.12. The van der Waals surface area contributed by atoms with Crippen molar-refractivity contribution in [1.82, 2.24) is 0 Å². The first-order valence-electron chi connectivity index (χ1n) is 5.20. The molecule has 0 aliphatic heterocycles.